The van der Waals surface area contributed by atoms with Crippen LogP contribution in [0.4, 0.5) is 0 Å². The van der Waals surface area contributed by atoms with Gasteiger partial charge in [0.05, 0.1) is 5.54 Å². The Kier molecular flexibility index (Phi) is 3.26. The fourth-order valence-corrected chi connectivity index (χ4v) is 1.24. The maximum Gasteiger partial charge on any atom is 0.229 e. The minimum atomic E-state index is -0.434. The first-order chi connectivity index (χ1) is 6.53. The Hall–Kier alpha value is -0.900. The van der Waals surface area contributed by atoms with Crippen molar-refractivity contribution >= 4 is 0 Å². The van der Waals surface area contributed by atoms with Gasteiger partial charge >= 0.3 is 0 Å². The highest BCUT2D eigenvalue weighted by Crippen LogP contribution is 2.24. The normalized spacial score (nSPS) is 12.4. The Labute approximate surface area is 84.9 Å². The first-order valence-corrected chi connectivity index (χ1v) is 5.16. The smallest absolute Gasteiger partial charge is 0.229 e. The van der Waals surface area contributed by atoms with Crippen molar-refractivity contribution in [2.24, 2.45) is 5.73 Å². The monoisotopic (exact) mass is 197 g/mol. The average molecular weight is 197 g/mol. The van der Waals surface area contributed by atoms with Gasteiger partial charge in [-0.05, 0) is 12.8 Å². The molecule has 0 spiro atoms. The standard InChI is InChI=1S/C10H19N3O/c1-5-10(11,6-2)9-12-8(7(3)4)14-13-9/h7H,5-6,11H2,1-4H3. The molecule has 4 heteroatoms. The minimum absolute atomic E-state index is 0.259. The number of hydrogen-bond acceptors (Lipinski definition) is 4. The zero-order chi connectivity index (χ0) is 10.8. The van der Waals surface area contributed by atoms with Gasteiger partial charge < -0.3 is 10.3 Å². The zero-order valence-electron chi connectivity index (χ0n) is 9.37. The maximum absolute atomic E-state index is 6.15. The SMILES string of the molecule is CCC(N)(CC)c1noc(C(C)C)n1. The molecule has 0 aromatic carbocycles. The Morgan fingerprint density at radius 2 is 1.93 bits per heavy atom. The third-order valence-electron chi connectivity index (χ3n) is 2.64. The average Bonchev–Trinajstić information content (AvgIpc) is 2.66. The van der Waals surface area contributed by atoms with Crippen LogP contribution in [0.1, 0.15) is 58.2 Å². The van der Waals surface area contributed by atoms with E-state index in [9.17, 15) is 0 Å². The van der Waals surface area contributed by atoms with Crippen LogP contribution in [0.5, 0.6) is 0 Å². The number of aromatic nitrogens is 2. The summed E-state index contributed by atoms with van der Waals surface area (Å²) in [6.45, 7) is 8.12. The van der Waals surface area contributed by atoms with Crippen molar-refractivity contribution in [3.05, 3.63) is 11.7 Å². The highest BCUT2D eigenvalue weighted by atomic mass is 16.5. The molecule has 0 bridgehead atoms. The van der Waals surface area contributed by atoms with Crippen LogP contribution in [0.15, 0.2) is 4.52 Å². The van der Waals surface area contributed by atoms with Crippen LogP contribution in [0.25, 0.3) is 0 Å². The van der Waals surface area contributed by atoms with E-state index in [0.29, 0.717) is 11.7 Å². The van der Waals surface area contributed by atoms with Gasteiger partial charge in [0.15, 0.2) is 5.82 Å². The van der Waals surface area contributed by atoms with Gasteiger partial charge in [0.1, 0.15) is 0 Å². The Morgan fingerprint density at radius 3 is 2.29 bits per heavy atom. The van der Waals surface area contributed by atoms with E-state index in [1.54, 1.807) is 0 Å². The van der Waals surface area contributed by atoms with Crippen molar-refractivity contribution in [3.8, 4) is 0 Å². The molecule has 1 heterocycles. The topological polar surface area (TPSA) is 64.9 Å². The van der Waals surface area contributed by atoms with E-state index in [-0.39, 0.29) is 5.92 Å². The molecule has 80 valence electrons. The van der Waals surface area contributed by atoms with E-state index in [4.69, 9.17) is 10.3 Å². The molecular formula is C10H19N3O. The largest absolute Gasteiger partial charge is 0.339 e. The van der Waals surface area contributed by atoms with E-state index in [1.165, 1.54) is 0 Å². The Morgan fingerprint density at radius 1 is 1.36 bits per heavy atom. The zero-order valence-corrected chi connectivity index (χ0v) is 9.37. The van der Waals surface area contributed by atoms with E-state index in [2.05, 4.69) is 10.1 Å². The predicted molar refractivity (Wildman–Crippen MR) is 54.8 cm³/mol. The lowest BCUT2D eigenvalue weighted by Gasteiger charge is -2.21. The molecule has 4 nitrogen and oxygen atoms in total. The molecule has 1 rings (SSSR count). The molecule has 0 aliphatic rings. The summed E-state index contributed by atoms with van der Waals surface area (Å²) < 4.78 is 5.13. The summed E-state index contributed by atoms with van der Waals surface area (Å²) >= 11 is 0. The highest BCUT2D eigenvalue weighted by Gasteiger charge is 2.29. The molecule has 0 saturated heterocycles. The van der Waals surface area contributed by atoms with Crippen LogP contribution in [0.2, 0.25) is 0 Å². The van der Waals surface area contributed by atoms with Gasteiger partial charge in [-0.2, -0.15) is 4.98 Å². The molecule has 0 radical (unpaired) electrons. The van der Waals surface area contributed by atoms with Gasteiger partial charge in [-0.25, -0.2) is 0 Å². The van der Waals surface area contributed by atoms with Crippen LogP contribution in [-0.4, -0.2) is 10.1 Å². The molecule has 1 aromatic rings. The van der Waals surface area contributed by atoms with Crippen LogP contribution >= 0.6 is 0 Å². The van der Waals surface area contributed by atoms with Gasteiger partial charge in [0, 0.05) is 5.92 Å². The molecule has 0 amide bonds. The molecule has 0 atom stereocenters. The Bertz CT molecular complexity index is 289. The van der Waals surface area contributed by atoms with E-state index in [1.807, 2.05) is 27.7 Å². The van der Waals surface area contributed by atoms with Gasteiger partial charge in [0.25, 0.3) is 0 Å². The second-order valence-corrected chi connectivity index (χ2v) is 3.97. The molecule has 0 saturated carbocycles. The number of nitrogens with two attached hydrogens (primary N) is 1. The number of nitrogens with zero attached hydrogens (tertiary/aromatic N) is 2. The summed E-state index contributed by atoms with van der Waals surface area (Å²) in [5.41, 5.74) is 5.71. The predicted octanol–water partition coefficient (Wildman–Crippen LogP) is 2.17. The van der Waals surface area contributed by atoms with Gasteiger partial charge in [-0.15, -0.1) is 0 Å². The third-order valence-corrected chi connectivity index (χ3v) is 2.64. The van der Waals surface area contributed by atoms with Crippen LogP contribution in [-0.2, 0) is 5.54 Å². The molecule has 0 aliphatic carbocycles. The van der Waals surface area contributed by atoms with Crippen molar-refractivity contribution in [1.29, 1.82) is 0 Å². The fourth-order valence-electron chi connectivity index (χ4n) is 1.24. The van der Waals surface area contributed by atoms with Crippen molar-refractivity contribution in [2.45, 2.75) is 52.0 Å². The van der Waals surface area contributed by atoms with Gasteiger partial charge in [0.2, 0.25) is 5.89 Å². The fraction of sp³-hybridized carbons (Fsp3) is 0.800. The molecule has 1 aromatic heterocycles. The lowest BCUT2D eigenvalue weighted by atomic mass is 9.93. The summed E-state index contributed by atoms with van der Waals surface area (Å²) in [6.07, 6.45) is 1.64. The summed E-state index contributed by atoms with van der Waals surface area (Å²) in [4.78, 5) is 4.32. The minimum Gasteiger partial charge on any atom is -0.339 e. The van der Waals surface area contributed by atoms with Gasteiger partial charge in [-0.3, -0.25) is 0 Å². The molecule has 0 fully saturated rings. The highest BCUT2D eigenvalue weighted by molar-refractivity contribution is 5.04. The van der Waals surface area contributed by atoms with Crippen molar-refractivity contribution in [2.75, 3.05) is 0 Å². The van der Waals surface area contributed by atoms with Crippen molar-refractivity contribution in [3.63, 3.8) is 0 Å². The second kappa shape index (κ2) is 4.09. The molecule has 0 unspecified atom stereocenters. The van der Waals surface area contributed by atoms with Crippen molar-refractivity contribution in [1.82, 2.24) is 10.1 Å². The first kappa shape index (κ1) is 11.2. The summed E-state index contributed by atoms with van der Waals surface area (Å²) in [5.74, 6) is 1.55. The first-order valence-electron chi connectivity index (χ1n) is 5.16. The van der Waals surface area contributed by atoms with Crippen LogP contribution < -0.4 is 5.73 Å². The molecular weight excluding hydrogens is 178 g/mol. The number of hydrogen-bond donors (Lipinski definition) is 1. The maximum atomic E-state index is 6.15. The van der Waals surface area contributed by atoms with Gasteiger partial charge in [-0.1, -0.05) is 32.9 Å². The van der Waals surface area contributed by atoms with E-state index < -0.39 is 5.54 Å². The number of rotatable bonds is 4. The third kappa shape index (κ3) is 1.95. The quantitative estimate of drug-likeness (QED) is 0.803. The lowest BCUT2D eigenvalue weighted by Crippen LogP contribution is -2.36. The second-order valence-electron chi connectivity index (χ2n) is 3.97. The molecule has 14 heavy (non-hydrogen) atoms. The van der Waals surface area contributed by atoms with E-state index >= 15 is 0 Å². The molecule has 0 aliphatic heterocycles. The van der Waals surface area contributed by atoms with E-state index in [0.717, 1.165) is 12.8 Å². The lowest BCUT2D eigenvalue weighted by molar-refractivity contribution is 0.330. The van der Waals surface area contributed by atoms with Crippen LogP contribution in [0, 0.1) is 0 Å². The van der Waals surface area contributed by atoms with Crippen LogP contribution in [0.3, 0.4) is 0 Å². The summed E-state index contributed by atoms with van der Waals surface area (Å²) in [7, 11) is 0. The Balaban J connectivity index is 2.95. The van der Waals surface area contributed by atoms with Crippen molar-refractivity contribution < 1.29 is 4.52 Å². The summed E-state index contributed by atoms with van der Waals surface area (Å²) in [5, 5.41) is 3.94. The summed E-state index contributed by atoms with van der Waals surface area (Å²) in [6, 6.07) is 0. The molecule has 2 N–H and O–H groups in total.